The Labute approximate surface area is 173 Å². The lowest BCUT2D eigenvalue weighted by molar-refractivity contribution is -0.172. The van der Waals surface area contributed by atoms with E-state index in [9.17, 15) is 5.11 Å². The number of alkyl halides is 1. The Morgan fingerprint density at radius 2 is 2.00 bits per heavy atom. The molecular weight excluding hydrogens is 393 g/mol. The third kappa shape index (κ3) is 5.29. The molecule has 0 aliphatic carbocycles. The van der Waals surface area contributed by atoms with E-state index in [1.165, 1.54) is 11.8 Å². The van der Waals surface area contributed by atoms with Gasteiger partial charge in [0.1, 0.15) is 29.9 Å². The molecule has 3 rings (SSSR count). The maximum absolute atomic E-state index is 15.4. The molecule has 0 saturated carbocycles. The van der Waals surface area contributed by atoms with Gasteiger partial charge in [0, 0.05) is 9.81 Å². The molecule has 0 spiro atoms. The molecule has 1 heterocycles. The number of azide groups is 1. The van der Waals surface area contributed by atoms with Gasteiger partial charge in [-0.05, 0) is 36.6 Å². The van der Waals surface area contributed by atoms with E-state index in [-0.39, 0.29) is 6.61 Å². The van der Waals surface area contributed by atoms with Crippen LogP contribution in [-0.2, 0) is 16.1 Å². The Hall–Kier alpha value is -2.09. The number of halogens is 1. The molecule has 1 saturated heterocycles. The second-order valence-electron chi connectivity index (χ2n) is 7.01. The van der Waals surface area contributed by atoms with E-state index in [2.05, 4.69) is 10.0 Å². The van der Waals surface area contributed by atoms with Crippen LogP contribution in [0.1, 0.15) is 16.7 Å². The van der Waals surface area contributed by atoms with Crippen molar-refractivity contribution >= 4 is 11.8 Å². The number of thioether (sulfide) groups is 1. The summed E-state index contributed by atoms with van der Waals surface area (Å²) in [6.45, 7) is 3.73. The molecule has 6 nitrogen and oxygen atoms in total. The van der Waals surface area contributed by atoms with Crippen LogP contribution in [0.2, 0.25) is 0 Å². The van der Waals surface area contributed by atoms with Crippen LogP contribution in [-0.4, -0.2) is 41.6 Å². The molecule has 154 valence electrons. The number of ether oxygens (including phenoxy) is 2. The number of hydrogen-bond acceptors (Lipinski definition) is 5. The van der Waals surface area contributed by atoms with Crippen LogP contribution in [0.5, 0.6) is 0 Å². The summed E-state index contributed by atoms with van der Waals surface area (Å²) in [4.78, 5) is 3.72. The minimum Gasteiger partial charge on any atom is -0.394 e. The van der Waals surface area contributed by atoms with Crippen LogP contribution in [0, 0.1) is 13.8 Å². The maximum atomic E-state index is 15.4. The molecule has 2 unspecified atom stereocenters. The van der Waals surface area contributed by atoms with E-state index in [4.69, 9.17) is 15.0 Å². The average molecular weight is 418 g/mol. The summed E-state index contributed by atoms with van der Waals surface area (Å²) in [6, 6.07) is 14.2. The van der Waals surface area contributed by atoms with Crippen molar-refractivity contribution in [1.82, 2.24) is 0 Å². The molecular formula is C21H24FN3O3S. The molecule has 0 bridgehead atoms. The van der Waals surface area contributed by atoms with Gasteiger partial charge in [-0.25, -0.2) is 4.39 Å². The van der Waals surface area contributed by atoms with Crippen molar-refractivity contribution in [3.05, 3.63) is 75.7 Å². The fourth-order valence-corrected chi connectivity index (χ4v) is 4.51. The van der Waals surface area contributed by atoms with Crippen molar-refractivity contribution in [1.29, 1.82) is 0 Å². The largest absolute Gasteiger partial charge is 0.394 e. The van der Waals surface area contributed by atoms with Crippen LogP contribution in [0.4, 0.5) is 4.39 Å². The van der Waals surface area contributed by atoms with Gasteiger partial charge in [-0.2, -0.15) is 0 Å². The van der Waals surface area contributed by atoms with Crippen LogP contribution in [0.3, 0.4) is 0 Å². The lowest BCUT2D eigenvalue weighted by atomic mass is 9.99. The minimum absolute atomic E-state index is 0.170. The van der Waals surface area contributed by atoms with E-state index < -0.39 is 36.5 Å². The van der Waals surface area contributed by atoms with E-state index in [0.29, 0.717) is 0 Å². The highest BCUT2D eigenvalue weighted by Crippen LogP contribution is 2.38. The smallest absolute Gasteiger partial charge is 0.141 e. The first-order chi connectivity index (χ1) is 14.0. The predicted molar refractivity (Wildman–Crippen MR) is 110 cm³/mol. The summed E-state index contributed by atoms with van der Waals surface area (Å²) >= 11 is 1.29. The van der Waals surface area contributed by atoms with Gasteiger partial charge in [-0.15, -0.1) is 0 Å². The van der Waals surface area contributed by atoms with E-state index in [1.807, 2.05) is 62.4 Å². The average Bonchev–Trinajstić information content (AvgIpc) is 2.72. The summed E-state index contributed by atoms with van der Waals surface area (Å²) in [5.41, 5.74) is 11.2. The molecule has 1 fully saturated rings. The standard InChI is InChI=1S/C21H24FN3O3S/c1-13-8-9-17(14(2)10-13)29-21-19(24-25-23)18(22)20(16(11-26)28-21)27-12-15-6-4-3-5-7-15/h3-10,16,18-21,26H,11-12H2,1-2H3/t16-,18-,19?,20?,21+/m1/s1. The number of nitrogens with zero attached hydrogens (tertiary/aromatic N) is 3. The Morgan fingerprint density at radius 3 is 2.66 bits per heavy atom. The Bertz CT molecular complexity index is 864. The Morgan fingerprint density at radius 1 is 1.24 bits per heavy atom. The van der Waals surface area contributed by atoms with Crippen LogP contribution in [0.25, 0.3) is 10.4 Å². The highest BCUT2D eigenvalue weighted by atomic mass is 32.2. The van der Waals surface area contributed by atoms with Gasteiger partial charge in [0.25, 0.3) is 0 Å². The molecule has 0 radical (unpaired) electrons. The first-order valence-electron chi connectivity index (χ1n) is 9.37. The molecule has 2 aromatic rings. The van der Waals surface area contributed by atoms with Crippen molar-refractivity contribution in [2.24, 2.45) is 5.11 Å². The van der Waals surface area contributed by atoms with Gasteiger partial charge in [-0.1, -0.05) is 64.9 Å². The summed E-state index contributed by atoms with van der Waals surface area (Å²) < 4.78 is 27.1. The zero-order valence-electron chi connectivity index (χ0n) is 16.3. The number of rotatable bonds is 7. The van der Waals surface area contributed by atoms with Crippen molar-refractivity contribution in [3.63, 3.8) is 0 Å². The Kier molecular flexibility index (Phi) is 7.52. The monoisotopic (exact) mass is 417 g/mol. The second-order valence-corrected chi connectivity index (χ2v) is 8.15. The van der Waals surface area contributed by atoms with Crippen LogP contribution in [0.15, 0.2) is 58.5 Å². The van der Waals surface area contributed by atoms with Crippen molar-refractivity contribution < 1.29 is 19.0 Å². The first kappa shape index (κ1) is 21.6. The first-order valence-corrected chi connectivity index (χ1v) is 10.3. The minimum atomic E-state index is -1.61. The number of hydrogen-bond donors (Lipinski definition) is 1. The number of aliphatic hydroxyl groups is 1. The third-order valence-electron chi connectivity index (χ3n) is 4.82. The van der Waals surface area contributed by atoms with Gasteiger partial charge < -0.3 is 14.6 Å². The van der Waals surface area contributed by atoms with E-state index >= 15 is 4.39 Å². The fourth-order valence-electron chi connectivity index (χ4n) is 3.32. The van der Waals surface area contributed by atoms with Crippen LogP contribution >= 0.6 is 11.8 Å². The number of aryl methyl sites for hydroxylation is 2. The zero-order valence-corrected chi connectivity index (χ0v) is 17.1. The highest BCUT2D eigenvalue weighted by Gasteiger charge is 2.47. The molecule has 0 amide bonds. The SMILES string of the molecule is Cc1ccc(S[C@@H]2O[C@H](CO)C(OCc3ccccc3)[C@H](F)C2N=[N+]=[N-])c(C)c1. The summed E-state index contributed by atoms with van der Waals surface area (Å²) in [5, 5.41) is 13.4. The molecule has 2 aromatic carbocycles. The molecule has 1 N–H and O–H groups in total. The molecule has 8 heteroatoms. The predicted octanol–water partition coefficient (Wildman–Crippen LogP) is 4.72. The van der Waals surface area contributed by atoms with E-state index in [1.54, 1.807) is 0 Å². The normalized spacial score (nSPS) is 26.7. The van der Waals surface area contributed by atoms with Gasteiger partial charge in [0.05, 0.1) is 13.2 Å². The van der Waals surface area contributed by atoms with Crippen LogP contribution < -0.4 is 0 Å². The van der Waals surface area contributed by atoms with Crippen molar-refractivity contribution in [3.8, 4) is 0 Å². The topological polar surface area (TPSA) is 87.5 Å². The van der Waals surface area contributed by atoms with Crippen molar-refractivity contribution in [2.45, 2.75) is 55.2 Å². The number of aliphatic hydroxyl groups excluding tert-OH is 1. The zero-order chi connectivity index (χ0) is 20.8. The summed E-state index contributed by atoms with van der Waals surface area (Å²) in [6.07, 6.45) is -3.50. The maximum Gasteiger partial charge on any atom is 0.141 e. The molecule has 29 heavy (non-hydrogen) atoms. The molecule has 5 atom stereocenters. The highest BCUT2D eigenvalue weighted by molar-refractivity contribution is 7.99. The molecule has 1 aliphatic heterocycles. The quantitative estimate of drug-likeness (QED) is 0.401. The fraction of sp³-hybridized carbons (Fsp3) is 0.429. The lowest BCUT2D eigenvalue weighted by Gasteiger charge is -2.41. The van der Waals surface area contributed by atoms with E-state index in [0.717, 1.165) is 21.6 Å². The van der Waals surface area contributed by atoms with Gasteiger partial charge in [0.2, 0.25) is 0 Å². The van der Waals surface area contributed by atoms with Gasteiger partial charge >= 0.3 is 0 Å². The van der Waals surface area contributed by atoms with Crippen molar-refractivity contribution in [2.75, 3.05) is 6.61 Å². The third-order valence-corrected chi connectivity index (χ3v) is 6.15. The van der Waals surface area contributed by atoms with Gasteiger partial charge in [-0.3, -0.25) is 0 Å². The summed E-state index contributed by atoms with van der Waals surface area (Å²) in [5.74, 6) is 0. The Balaban J connectivity index is 1.78. The molecule has 1 aliphatic rings. The second kappa shape index (κ2) is 10.1. The molecule has 0 aromatic heterocycles. The lowest BCUT2D eigenvalue weighted by Crippen LogP contribution is -2.56. The number of benzene rings is 2. The summed E-state index contributed by atoms with van der Waals surface area (Å²) in [7, 11) is 0. The van der Waals surface area contributed by atoms with Gasteiger partial charge in [0.15, 0.2) is 0 Å².